The number of carbonyl (C=O) groups is 2. The van der Waals surface area contributed by atoms with Crippen LogP contribution in [0.3, 0.4) is 0 Å². The fourth-order valence-corrected chi connectivity index (χ4v) is 6.17. The van der Waals surface area contributed by atoms with Crippen LogP contribution in [0.5, 0.6) is 0 Å². The van der Waals surface area contributed by atoms with Crippen molar-refractivity contribution in [2.45, 2.75) is 38.6 Å². The molecule has 0 aliphatic carbocycles. The molecule has 0 unspecified atom stereocenters. The molecule has 2 amide bonds. The van der Waals surface area contributed by atoms with Gasteiger partial charge >= 0.3 is 0 Å². The van der Waals surface area contributed by atoms with Crippen LogP contribution in [0.4, 0.5) is 0 Å². The first-order valence-corrected chi connectivity index (χ1v) is 13.1. The van der Waals surface area contributed by atoms with E-state index in [1.54, 1.807) is 0 Å². The summed E-state index contributed by atoms with van der Waals surface area (Å²) in [6.07, 6.45) is 5.78. The average molecular weight is 476 g/mol. The minimum Gasteiger partial charge on any atom is -0.378 e. The van der Waals surface area contributed by atoms with Crippen molar-refractivity contribution in [1.82, 2.24) is 14.7 Å². The minimum atomic E-state index is 0.0929. The van der Waals surface area contributed by atoms with Gasteiger partial charge in [-0.25, -0.2) is 0 Å². The van der Waals surface area contributed by atoms with Crippen LogP contribution in [0.2, 0.25) is 0 Å². The quantitative estimate of drug-likeness (QED) is 0.672. The third-order valence-corrected chi connectivity index (χ3v) is 8.11. The van der Waals surface area contributed by atoms with E-state index in [2.05, 4.69) is 30.5 Å². The van der Waals surface area contributed by atoms with Crippen molar-refractivity contribution in [3.05, 3.63) is 53.6 Å². The molecule has 0 aromatic heterocycles. The van der Waals surface area contributed by atoms with Gasteiger partial charge in [0.1, 0.15) is 0 Å². The van der Waals surface area contributed by atoms with Crippen LogP contribution in [0.15, 0.2) is 36.9 Å². The predicted octanol–water partition coefficient (Wildman–Crippen LogP) is 3.97. The normalized spacial score (nSPS) is 22.4. The van der Waals surface area contributed by atoms with Crippen molar-refractivity contribution in [3.8, 4) is 0 Å². The van der Waals surface area contributed by atoms with Crippen LogP contribution < -0.4 is 0 Å². The third-order valence-electron chi connectivity index (χ3n) is 8.11. The molecule has 2 aromatic rings. The second kappa shape index (κ2) is 10.5. The van der Waals surface area contributed by atoms with Gasteiger partial charge in [-0.3, -0.25) is 14.5 Å². The zero-order valence-corrected chi connectivity index (χ0v) is 20.9. The lowest BCUT2D eigenvalue weighted by Gasteiger charge is -2.43. The Hall–Kier alpha value is -2.70. The summed E-state index contributed by atoms with van der Waals surface area (Å²) in [6, 6.07) is 10.7. The van der Waals surface area contributed by atoms with E-state index in [1.807, 2.05) is 34.1 Å². The summed E-state index contributed by atoms with van der Waals surface area (Å²) < 4.78 is 5.42. The number of morpholine rings is 1. The van der Waals surface area contributed by atoms with Crippen molar-refractivity contribution in [1.29, 1.82) is 0 Å². The number of ether oxygens (including phenoxy) is 1. The maximum absolute atomic E-state index is 13.7. The van der Waals surface area contributed by atoms with E-state index >= 15 is 0 Å². The summed E-state index contributed by atoms with van der Waals surface area (Å²) in [7, 11) is 0. The van der Waals surface area contributed by atoms with Crippen molar-refractivity contribution >= 4 is 28.7 Å². The van der Waals surface area contributed by atoms with Gasteiger partial charge in [0.2, 0.25) is 5.91 Å². The second-order valence-electron chi connectivity index (χ2n) is 10.2. The number of carbonyl (C=O) groups excluding carboxylic acids is 2. The number of fused-ring (bicyclic) bond motifs is 1. The monoisotopic (exact) mass is 475 g/mol. The van der Waals surface area contributed by atoms with Crippen LogP contribution in [-0.4, -0.2) is 85.0 Å². The highest BCUT2D eigenvalue weighted by molar-refractivity contribution is 6.10. The molecule has 186 valence electrons. The highest BCUT2D eigenvalue weighted by Gasteiger charge is 2.35. The maximum Gasteiger partial charge on any atom is 0.255 e. The average Bonchev–Trinajstić information content (AvgIpc) is 2.92. The molecular weight excluding hydrogens is 438 g/mol. The zero-order chi connectivity index (χ0) is 24.4. The highest BCUT2D eigenvalue weighted by Crippen LogP contribution is 2.30. The van der Waals surface area contributed by atoms with Crippen LogP contribution in [0.1, 0.15) is 47.2 Å². The molecule has 0 radical (unpaired) electrons. The lowest BCUT2D eigenvalue weighted by atomic mass is 9.91. The van der Waals surface area contributed by atoms with E-state index < -0.39 is 0 Å². The fraction of sp³-hybridized carbons (Fsp3) is 0.517. The number of aryl methyl sites for hydroxylation is 1. The number of nitrogens with zero attached hydrogens (tertiary/aromatic N) is 3. The van der Waals surface area contributed by atoms with E-state index in [1.165, 1.54) is 0 Å². The molecule has 35 heavy (non-hydrogen) atoms. The number of amides is 2. The lowest BCUT2D eigenvalue weighted by molar-refractivity contribution is -0.141. The van der Waals surface area contributed by atoms with Gasteiger partial charge in [-0.2, -0.15) is 0 Å². The zero-order valence-electron chi connectivity index (χ0n) is 20.9. The predicted molar refractivity (Wildman–Crippen MR) is 139 cm³/mol. The molecule has 3 heterocycles. The molecule has 3 aliphatic heterocycles. The summed E-state index contributed by atoms with van der Waals surface area (Å²) in [4.78, 5) is 33.3. The van der Waals surface area contributed by atoms with E-state index in [0.717, 1.165) is 92.4 Å². The Bertz CT molecular complexity index is 1100. The van der Waals surface area contributed by atoms with Gasteiger partial charge in [-0.15, -0.1) is 0 Å². The summed E-state index contributed by atoms with van der Waals surface area (Å²) in [5.74, 6) is 0.501. The number of piperidine rings is 2. The molecule has 5 rings (SSSR count). The summed E-state index contributed by atoms with van der Waals surface area (Å²) in [5.41, 5.74) is 2.81. The molecule has 0 spiro atoms. The number of rotatable bonds is 4. The Morgan fingerprint density at radius 2 is 1.74 bits per heavy atom. The Kier molecular flexibility index (Phi) is 7.21. The van der Waals surface area contributed by atoms with Gasteiger partial charge in [0.05, 0.1) is 24.7 Å². The molecule has 1 atom stereocenters. The van der Waals surface area contributed by atoms with Crippen molar-refractivity contribution in [2.75, 3.05) is 52.5 Å². The number of benzene rings is 2. The summed E-state index contributed by atoms with van der Waals surface area (Å²) >= 11 is 0. The number of hydrogen-bond acceptors (Lipinski definition) is 4. The molecule has 0 saturated carbocycles. The van der Waals surface area contributed by atoms with Crippen LogP contribution in [0, 0.1) is 12.8 Å². The molecule has 6 heteroatoms. The largest absolute Gasteiger partial charge is 0.378 e. The van der Waals surface area contributed by atoms with Crippen LogP contribution >= 0.6 is 0 Å². The molecule has 0 N–H and O–H groups in total. The van der Waals surface area contributed by atoms with E-state index in [0.29, 0.717) is 25.2 Å². The smallest absolute Gasteiger partial charge is 0.255 e. The molecule has 3 saturated heterocycles. The van der Waals surface area contributed by atoms with E-state index in [9.17, 15) is 9.59 Å². The Morgan fingerprint density at radius 1 is 1.00 bits per heavy atom. The van der Waals surface area contributed by atoms with Crippen LogP contribution in [0.25, 0.3) is 16.8 Å². The Balaban J connectivity index is 1.25. The molecular formula is C29H37N3O3. The van der Waals surface area contributed by atoms with Gasteiger partial charge in [0.25, 0.3) is 5.91 Å². The highest BCUT2D eigenvalue weighted by atomic mass is 16.5. The first kappa shape index (κ1) is 24.0. The maximum atomic E-state index is 13.7. The van der Waals surface area contributed by atoms with Crippen molar-refractivity contribution < 1.29 is 14.3 Å². The van der Waals surface area contributed by atoms with E-state index in [-0.39, 0.29) is 11.8 Å². The van der Waals surface area contributed by atoms with Gasteiger partial charge in [0, 0.05) is 38.8 Å². The van der Waals surface area contributed by atoms with Crippen molar-refractivity contribution in [3.63, 3.8) is 0 Å². The SMILES string of the molecule is C=Cc1c(C)cc2ccccc2c1C(=O)N1CCC(N2CCC[C@@H](C(=O)N3CCOCC3)C2)CC1. The first-order chi connectivity index (χ1) is 17.1. The number of hydrogen-bond donors (Lipinski definition) is 0. The molecule has 6 nitrogen and oxygen atoms in total. The topological polar surface area (TPSA) is 53.1 Å². The summed E-state index contributed by atoms with van der Waals surface area (Å²) in [6.45, 7) is 12.2. The van der Waals surface area contributed by atoms with Crippen molar-refractivity contribution in [2.24, 2.45) is 5.92 Å². The first-order valence-electron chi connectivity index (χ1n) is 13.1. The lowest BCUT2D eigenvalue weighted by Crippen LogP contribution is -2.53. The summed E-state index contributed by atoms with van der Waals surface area (Å²) in [5, 5.41) is 2.10. The molecule has 0 bridgehead atoms. The van der Waals surface area contributed by atoms with Gasteiger partial charge in [-0.1, -0.05) is 43.0 Å². The number of likely N-dealkylation sites (tertiary alicyclic amines) is 2. The van der Waals surface area contributed by atoms with Crippen LogP contribution in [-0.2, 0) is 9.53 Å². The van der Waals surface area contributed by atoms with Gasteiger partial charge in [-0.05, 0) is 61.1 Å². The molecule has 2 aromatic carbocycles. The Labute approximate surface area is 208 Å². The fourth-order valence-electron chi connectivity index (χ4n) is 6.17. The van der Waals surface area contributed by atoms with E-state index in [4.69, 9.17) is 4.74 Å². The second-order valence-corrected chi connectivity index (χ2v) is 10.2. The van der Waals surface area contributed by atoms with Gasteiger partial charge in [0.15, 0.2) is 0 Å². The standard InChI is InChI=1S/C29H37N3O3/c1-3-25-21(2)19-22-7-4-5-9-26(22)27(25)29(34)30-13-10-24(11-14-30)32-12-6-8-23(20-32)28(33)31-15-17-35-18-16-31/h3-5,7,9,19,23-24H,1,6,8,10-18,20H2,2H3/t23-/m1/s1. The third kappa shape index (κ3) is 4.87. The molecule has 3 fully saturated rings. The Morgan fingerprint density at radius 3 is 2.49 bits per heavy atom. The minimum absolute atomic E-state index is 0.0929. The van der Waals surface area contributed by atoms with Gasteiger partial charge < -0.3 is 14.5 Å². The molecule has 3 aliphatic rings.